The number of rotatable bonds is 4. The molecule has 30 heavy (non-hydrogen) atoms. The molecule has 4 rings (SSSR count). The summed E-state index contributed by atoms with van der Waals surface area (Å²) in [4.78, 5) is 18.5. The zero-order valence-electron chi connectivity index (χ0n) is 18.1. The first-order chi connectivity index (χ1) is 14.4. The van der Waals surface area contributed by atoms with Crippen molar-refractivity contribution in [3.05, 3.63) is 57.2 Å². The molecule has 0 aromatic heterocycles. The lowest BCUT2D eigenvalue weighted by Crippen LogP contribution is -2.52. The summed E-state index contributed by atoms with van der Waals surface area (Å²) in [5.41, 5.74) is 6.94. The van der Waals surface area contributed by atoms with Crippen LogP contribution in [0.1, 0.15) is 32.3 Å². The number of ether oxygens (including phenoxy) is 1. The number of hydrogen-bond donors (Lipinski definition) is 0. The molecule has 0 amide bonds. The van der Waals surface area contributed by atoms with Crippen molar-refractivity contribution in [3.8, 4) is 0 Å². The van der Waals surface area contributed by atoms with E-state index in [1.54, 1.807) is 18.4 Å². The Morgan fingerprint density at radius 2 is 1.80 bits per heavy atom. The van der Waals surface area contributed by atoms with E-state index in [-0.39, 0.29) is 10.6 Å². The highest BCUT2D eigenvalue weighted by Gasteiger charge is 2.29. The molecule has 0 bridgehead atoms. The Bertz CT molecular complexity index is 916. The predicted molar refractivity (Wildman–Crippen MR) is 118 cm³/mol. The van der Waals surface area contributed by atoms with E-state index in [9.17, 15) is 10.1 Å². The largest absolute Gasteiger partial charge is 0.461 e. The molecule has 0 unspecified atom stereocenters. The molecule has 3 heterocycles. The Morgan fingerprint density at radius 1 is 1.10 bits per heavy atom. The fourth-order valence-electron chi connectivity index (χ4n) is 4.77. The van der Waals surface area contributed by atoms with Gasteiger partial charge in [-0.1, -0.05) is 5.73 Å². The van der Waals surface area contributed by atoms with Crippen LogP contribution >= 0.6 is 0 Å². The molecule has 0 aliphatic carbocycles. The van der Waals surface area contributed by atoms with Gasteiger partial charge in [0.25, 0.3) is 5.69 Å². The standard InChI is InChI=1S/C23H30N4O3/c1-17-8-15-30-18(2)23(17)21-16-20(27(28)29)4-5-22(21)26-9-6-19(7-10-26)25-13-11-24(3)12-14-25/h4-5,15-16,19H,6-7,9-14H2,1-3H3. The molecule has 160 valence electrons. The van der Waals surface area contributed by atoms with Gasteiger partial charge in [0, 0.05) is 79.8 Å². The highest BCUT2D eigenvalue weighted by Crippen LogP contribution is 2.38. The fraction of sp³-hybridized carbons (Fsp3) is 0.522. The molecular formula is C23H30N4O3. The monoisotopic (exact) mass is 410 g/mol. The summed E-state index contributed by atoms with van der Waals surface area (Å²) in [5, 5.41) is 11.4. The highest BCUT2D eigenvalue weighted by atomic mass is 16.6. The minimum atomic E-state index is -0.332. The van der Waals surface area contributed by atoms with Crippen LogP contribution in [0.3, 0.4) is 0 Å². The summed E-state index contributed by atoms with van der Waals surface area (Å²) in [6, 6.07) is 5.82. The van der Waals surface area contributed by atoms with E-state index < -0.39 is 0 Å². The minimum Gasteiger partial charge on any atom is -0.461 e. The number of nitro groups is 1. The molecule has 0 atom stereocenters. The quantitative estimate of drug-likeness (QED) is 0.429. The van der Waals surface area contributed by atoms with Crippen LogP contribution in [0.5, 0.6) is 0 Å². The number of nitrogens with zero attached hydrogens (tertiary/aromatic N) is 4. The second kappa shape index (κ2) is 8.64. The maximum absolute atomic E-state index is 11.4. The van der Waals surface area contributed by atoms with Crippen LogP contribution in [-0.2, 0) is 4.74 Å². The Balaban J connectivity index is 1.58. The molecule has 0 saturated carbocycles. The van der Waals surface area contributed by atoms with E-state index in [1.807, 2.05) is 19.9 Å². The lowest BCUT2D eigenvalue weighted by atomic mass is 9.93. The van der Waals surface area contributed by atoms with Gasteiger partial charge in [0.15, 0.2) is 0 Å². The van der Waals surface area contributed by atoms with Crippen molar-refractivity contribution < 1.29 is 9.66 Å². The molecule has 3 aliphatic heterocycles. The van der Waals surface area contributed by atoms with E-state index in [4.69, 9.17) is 4.74 Å². The van der Waals surface area contributed by atoms with Gasteiger partial charge in [0.05, 0.1) is 4.92 Å². The number of benzene rings is 1. The van der Waals surface area contributed by atoms with Gasteiger partial charge in [-0.2, -0.15) is 0 Å². The van der Waals surface area contributed by atoms with E-state index in [1.165, 1.54) is 0 Å². The number of hydrogen-bond acceptors (Lipinski definition) is 6. The van der Waals surface area contributed by atoms with Gasteiger partial charge in [0.1, 0.15) is 12.0 Å². The molecule has 0 spiro atoms. The summed E-state index contributed by atoms with van der Waals surface area (Å²) in [6.45, 7) is 10.3. The maximum Gasteiger partial charge on any atom is 0.270 e. The highest BCUT2D eigenvalue weighted by molar-refractivity contribution is 5.88. The Hall–Kier alpha value is -2.60. The first-order valence-corrected chi connectivity index (χ1v) is 10.7. The lowest BCUT2D eigenvalue weighted by molar-refractivity contribution is -0.384. The average Bonchev–Trinajstić information content (AvgIpc) is 2.74. The number of non-ortho nitro benzene ring substituents is 1. The van der Waals surface area contributed by atoms with Crippen LogP contribution in [0.2, 0.25) is 0 Å². The number of allylic oxidation sites excluding steroid dienone is 3. The summed E-state index contributed by atoms with van der Waals surface area (Å²) < 4.78 is 5.59. The Morgan fingerprint density at radius 3 is 2.43 bits per heavy atom. The number of likely N-dealkylation sites (N-methyl/N-ethyl adjacent to an activating group) is 1. The zero-order valence-corrected chi connectivity index (χ0v) is 18.1. The van der Waals surface area contributed by atoms with Crippen molar-refractivity contribution >= 4 is 16.9 Å². The third-order valence-electron chi connectivity index (χ3n) is 6.56. The maximum atomic E-state index is 11.4. The second-order valence-corrected chi connectivity index (χ2v) is 8.45. The first-order valence-electron chi connectivity index (χ1n) is 10.7. The van der Waals surface area contributed by atoms with Crippen molar-refractivity contribution in [2.75, 3.05) is 51.2 Å². The molecule has 2 fully saturated rings. The van der Waals surface area contributed by atoms with Crippen LogP contribution < -0.4 is 4.90 Å². The van der Waals surface area contributed by atoms with E-state index >= 15 is 0 Å². The lowest BCUT2D eigenvalue weighted by Gasteiger charge is -2.43. The summed E-state index contributed by atoms with van der Waals surface area (Å²) >= 11 is 0. The summed E-state index contributed by atoms with van der Waals surface area (Å²) in [7, 11) is 2.19. The Kier molecular flexibility index (Phi) is 5.95. The number of anilines is 1. The van der Waals surface area contributed by atoms with Crippen molar-refractivity contribution in [2.45, 2.75) is 32.7 Å². The van der Waals surface area contributed by atoms with Gasteiger partial charge < -0.3 is 14.5 Å². The van der Waals surface area contributed by atoms with E-state index in [0.29, 0.717) is 6.04 Å². The van der Waals surface area contributed by atoms with Crippen LogP contribution in [0, 0.1) is 10.1 Å². The normalized spacial score (nSPS) is 21.6. The van der Waals surface area contributed by atoms with Crippen LogP contribution in [0.4, 0.5) is 11.4 Å². The SMILES string of the molecule is CC1=C=COC(C)=C1c1cc([N+](=O)[O-])ccc1N1CCC(N2CCN(C)CC2)CC1. The molecule has 2 saturated heterocycles. The van der Waals surface area contributed by atoms with Crippen molar-refractivity contribution in [2.24, 2.45) is 0 Å². The van der Waals surface area contributed by atoms with Crippen LogP contribution in [0.15, 0.2) is 41.5 Å². The molecular weight excluding hydrogens is 380 g/mol. The predicted octanol–water partition coefficient (Wildman–Crippen LogP) is 3.63. The van der Waals surface area contributed by atoms with Crippen molar-refractivity contribution in [3.63, 3.8) is 0 Å². The molecule has 3 aliphatic rings. The van der Waals surface area contributed by atoms with Gasteiger partial charge >= 0.3 is 0 Å². The molecule has 7 heteroatoms. The Labute approximate surface area is 178 Å². The topological polar surface area (TPSA) is 62.1 Å². The smallest absolute Gasteiger partial charge is 0.270 e. The third-order valence-corrected chi connectivity index (χ3v) is 6.56. The summed E-state index contributed by atoms with van der Waals surface area (Å²) in [6.07, 6.45) is 3.78. The second-order valence-electron chi connectivity index (χ2n) is 8.45. The zero-order chi connectivity index (χ0) is 21.3. The number of piperidine rings is 1. The van der Waals surface area contributed by atoms with Crippen molar-refractivity contribution in [1.29, 1.82) is 0 Å². The third kappa shape index (κ3) is 4.15. The molecule has 7 nitrogen and oxygen atoms in total. The molecule has 0 radical (unpaired) electrons. The van der Waals surface area contributed by atoms with Gasteiger partial charge in [-0.3, -0.25) is 15.0 Å². The number of piperazine rings is 1. The van der Waals surface area contributed by atoms with Crippen LogP contribution in [0.25, 0.3) is 5.57 Å². The number of nitro benzene ring substituents is 1. The van der Waals surface area contributed by atoms with Gasteiger partial charge in [-0.05, 0) is 39.8 Å². The van der Waals surface area contributed by atoms with Gasteiger partial charge in [-0.25, -0.2) is 0 Å². The molecule has 1 aromatic rings. The molecule has 0 N–H and O–H groups in total. The van der Waals surface area contributed by atoms with Gasteiger partial charge in [0.2, 0.25) is 0 Å². The summed E-state index contributed by atoms with van der Waals surface area (Å²) in [5.74, 6) is 0.750. The van der Waals surface area contributed by atoms with E-state index in [0.717, 1.165) is 80.3 Å². The molecule has 1 aromatic carbocycles. The average molecular weight is 411 g/mol. The van der Waals surface area contributed by atoms with Gasteiger partial charge in [-0.15, -0.1) is 0 Å². The van der Waals surface area contributed by atoms with E-state index in [2.05, 4.69) is 27.5 Å². The minimum absolute atomic E-state index is 0.101. The first kappa shape index (κ1) is 20.7. The fourth-order valence-corrected chi connectivity index (χ4v) is 4.77. The van der Waals surface area contributed by atoms with Crippen LogP contribution in [-0.4, -0.2) is 67.1 Å². The van der Waals surface area contributed by atoms with Crippen molar-refractivity contribution in [1.82, 2.24) is 9.80 Å².